The molecule has 0 bridgehead atoms. The summed E-state index contributed by atoms with van der Waals surface area (Å²) in [6.07, 6.45) is 0. The van der Waals surface area contributed by atoms with Crippen molar-refractivity contribution in [3.8, 4) is 6.07 Å². The normalized spacial score (nSPS) is 10.4. The van der Waals surface area contributed by atoms with Crippen LogP contribution < -0.4 is 5.32 Å². The molecule has 0 fully saturated rings. The lowest BCUT2D eigenvalue weighted by molar-refractivity contribution is 0.252. The average Bonchev–Trinajstić information content (AvgIpc) is 2.47. The van der Waals surface area contributed by atoms with Crippen molar-refractivity contribution >= 4 is 17.4 Å². The van der Waals surface area contributed by atoms with Gasteiger partial charge in [0, 0.05) is 17.1 Å². The number of hydrogen-bond donors (Lipinski definition) is 1. The van der Waals surface area contributed by atoms with Crippen LogP contribution in [0.1, 0.15) is 11.1 Å². The van der Waals surface area contributed by atoms with Crippen molar-refractivity contribution in [3.63, 3.8) is 0 Å². The van der Waals surface area contributed by atoms with Gasteiger partial charge in [-0.25, -0.2) is 4.39 Å². The highest BCUT2D eigenvalue weighted by Crippen LogP contribution is 2.31. The Hall–Kier alpha value is -2.13. The molecule has 0 aromatic heterocycles. The van der Waals surface area contributed by atoms with Crippen LogP contribution in [0.3, 0.4) is 0 Å². The minimum absolute atomic E-state index is 0.0375. The smallest absolute Gasteiger partial charge is 0.288 e. The maximum Gasteiger partial charge on any atom is 0.288 e. The lowest BCUT2D eigenvalue weighted by Gasteiger charge is -2.11. The fourth-order valence-corrected chi connectivity index (χ4v) is 2.39. The first-order chi connectivity index (χ1) is 10.1. The van der Waals surface area contributed by atoms with Crippen LogP contribution in [-0.2, 0) is 6.54 Å². The minimum atomic E-state index is -2.50. The number of rotatable bonds is 5. The van der Waals surface area contributed by atoms with Crippen LogP contribution in [0.2, 0.25) is 0 Å². The van der Waals surface area contributed by atoms with Gasteiger partial charge in [0.1, 0.15) is 11.9 Å². The van der Waals surface area contributed by atoms with Crippen molar-refractivity contribution in [1.29, 1.82) is 5.26 Å². The van der Waals surface area contributed by atoms with E-state index in [0.717, 1.165) is 0 Å². The molecule has 0 saturated heterocycles. The first-order valence-electron chi connectivity index (χ1n) is 6.06. The van der Waals surface area contributed by atoms with Gasteiger partial charge in [0.05, 0.1) is 5.56 Å². The summed E-state index contributed by atoms with van der Waals surface area (Å²) in [5.74, 6) is -3.07. The number of para-hydroxylation sites is 1. The number of alkyl halides is 2. The van der Waals surface area contributed by atoms with Crippen LogP contribution in [0.5, 0.6) is 0 Å². The molecule has 0 unspecified atom stereocenters. The van der Waals surface area contributed by atoms with E-state index in [-0.39, 0.29) is 5.56 Å². The summed E-state index contributed by atoms with van der Waals surface area (Å²) in [4.78, 5) is 0.440. The molecule has 2 aromatic rings. The van der Waals surface area contributed by atoms with Crippen LogP contribution in [0.15, 0.2) is 47.4 Å². The van der Waals surface area contributed by atoms with Gasteiger partial charge in [0.25, 0.3) is 5.76 Å². The Kier molecular flexibility index (Phi) is 5.12. The summed E-state index contributed by atoms with van der Waals surface area (Å²) < 4.78 is 38.1. The molecule has 0 amide bonds. The second-order valence-electron chi connectivity index (χ2n) is 4.15. The zero-order valence-corrected chi connectivity index (χ0v) is 11.6. The molecule has 0 atom stereocenters. The Balaban J connectivity index is 2.12. The number of hydrogen-bond acceptors (Lipinski definition) is 3. The van der Waals surface area contributed by atoms with Crippen LogP contribution in [-0.4, -0.2) is 5.76 Å². The average molecular weight is 308 g/mol. The molecule has 0 aliphatic rings. The molecule has 108 valence electrons. The molecule has 2 aromatic carbocycles. The molecular weight excluding hydrogens is 297 g/mol. The zero-order valence-electron chi connectivity index (χ0n) is 10.8. The van der Waals surface area contributed by atoms with Gasteiger partial charge in [-0.1, -0.05) is 30.0 Å². The molecule has 0 aliphatic heterocycles. The number of anilines is 1. The Bertz CT molecular complexity index is 668. The summed E-state index contributed by atoms with van der Waals surface area (Å²) in [6.45, 7) is 0.315. The van der Waals surface area contributed by atoms with Crippen molar-refractivity contribution in [1.82, 2.24) is 0 Å². The predicted molar refractivity (Wildman–Crippen MR) is 76.7 cm³/mol. The SMILES string of the molecule is N#Cc1cc(CNc2ccccc2SC(F)F)ccc1F. The third-order valence-corrected chi connectivity index (χ3v) is 3.53. The summed E-state index contributed by atoms with van der Waals surface area (Å²) in [6, 6.07) is 12.7. The van der Waals surface area contributed by atoms with E-state index in [1.807, 2.05) is 0 Å². The summed E-state index contributed by atoms with van der Waals surface area (Å²) in [7, 11) is 0. The molecule has 0 aliphatic carbocycles. The summed E-state index contributed by atoms with van der Waals surface area (Å²) >= 11 is 0.462. The number of thioether (sulfide) groups is 1. The van der Waals surface area contributed by atoms with Gasteiger partial charge < -0.3 is 5.32 Å². The van der Waals surface area contributed by atoms with Crippen LogP contribution in [0, 0.1) is 17.1 Å². The highest BCUT2D eigenvalue weighted by Gasteiger charge is 2.09. The van der Waals surface area contributed by atoms with E-state index >= 15 is 0 Å². The molecule has 2 rings (SSSR count). The van der Waals surface area contributed by atoms with E-state index in [4.69, 9.17) is 5.26 Å². The first-order valence-corrected chi connectivity index (χ1v) is 6.94. The van der Waals surface area contributed by atoms with Gasteiger partial charge in [-0.15, -0.1) is 0 Å². The molecule has 21 heavy (non-hydrogen) atoms. The molecule has 6 heteroatoms. The predicted octanol–water partition coefficient (Wildman–Crippen LogP) is 4.62. The first kappa shape index (κ1) is 15.3. The Morgan fingerprint density at radius 1 is 1.19 bits per heavy atom. The van der Waals surface area contributed by atoms with Crippen molar-refractivity contribution in [2.24, 2.45) is 0 Å². The van der Waals surface area contributed by atoms with E-state index in [2.05, 4.69) is 5.32 Å². The summed E-state index contributed by atoms with van der Waals surface area (Å²) in [5.41, 5.74) is 1.24. The molecule has 0 heterocycles. The van der Waals surface area contributed by atoms with Crippen LogP contribution in [0.4, 0.5) is 18.9 Å². The molecule has 0 saturated carbocycles. The van der Waals surface area contributed by atoms with Crippen molar-refractivity contribution < 1.29 is 13.2 Å². The van der Waals surface area contributed by atoms with Crippen molar-refractivity contribution in [3.05, 3.63) is 59.4 Å². The van der Waals surface area contributed by atoms with Crippen LogP contribution >= 0.6 is 11.8 Å². The Morgan fingerprint density at radius 2 is 1.95 bits per heavy atom. The van der Waals surface area contributed by atoms with Gasteiger partial charge in [-0.05, 0) is 29.8 Å². The number of nitrogens with one attached hydrogen (secondary N) is 1. The molecular formula is C15H11F3N2S. The van der Waals surface area contributed by atoms with Gasteiger partial charge in [-0.3, -0.25) is 0 Å². The second-order valence-corrected chi connectivity index (χ2v) is 5.19. The Morgan fingerprint density at radius 3 is 2.67 bits per heavy atom. The number of nitriles is 1. The van der Waals surface area contributed by atoms with E-state index in [0.29, 0.717) is 34.5 Å². The van der Waals surface area contributed by atoms with E-state index in [1.165, 1.54) is 12.1 Å². The van der Waals surface area contributed by atoms with E-state index < -0.39 is 11.6 Å². The maximum atomic E-state index is 13.2. The molecule has 0 radical (unpaired) electrons. The van der Waals surface area contributed by atoms with Crippen molar-refractivity contribution in [2.75, 3.05) is 5.32 Å². The van der Waals surface area contributed by atoms with Crippen LogP contribution in [0.25, 0.3) is 0 Å². The maximum absolute atomic E-state index is 13.2. The lowest BCUT2D eigenvalue weighted by Crippen LogP contribution is -2.02. The zero-order chi connectivity index (χ0) is 15.2. The largest absolute Gasteiger partial charge is 0.380 e. The third kappa shape index (κ3) is 4.17. The lowest BCUT2D eigenvalue weighted by atomic mass is 10.1. The second kappa shape index (κ2) is 7.04. The quantitative estimate of drug-likeness (QED) is 0.818. The van der Waals surface area contributed by atoms with E-state index in [1.54, 1.807) is 36.4 Å². The number of nitrogens with zero attached hydrogens (tertiary/aromatic N) is 1. The monoisotopic (exact) mass is 308 g/mol. The standard InChI is InChI=1S/C15H11F3N2S/c16-12-6-5-10(7-11(12)8-19)9-20-13-3-1-2-4-14(13)21-15(17)18/h1-7,15,20H,9H2. The molecule has 0 spiro atoms. The van der Waals surface area contributed by atoms with Gasteiger partial charge >= 0.3 is 0 Å². The summed E-state index contributed by atoms with van der Waals surface area (Å²) in [5, 5.41) is 11.8. The fourth-order valence-electron chi connectivity index (χ4n) is 1.78. The third-order valence-electron chi connectivity index (χ3n) is 2.74. The topological polar surface area (TPSA) is 35.8 Å². The molecule has 1 N–H and O–H groups in total. The highest BCUT2D eigenvalue weighted by molar-refractivity contribution is 7.99. The van der Waals surface area contributed by atoms with Crippen molar-refractivity contribution in [2.45, 2.75) is 17.2 Å². The Labute approximate surface area is 124 Å². The van der Waals surface area contributed by atoms with Gasteiger partial charge in [0.2, 0.25) is 0 Å². The highest BCUT2D eigenvalue weighted by atomic mass is 32.2. The molecule has 2 nitrogen and oxygen atoms in total. The van der Waals surface area contributed by atoms with Gasteiger partial charge in [-0.2, -0.15) is 14.0 Å². The van der Waals surface area contributed by atoms with Gasteiger partial charge in [0.15, 0.2) is 0 Å². The minimum Gasteiger partial charge on any atom is -0.380 e. The van der Waals surface area contributed by atoms with E-state index in [9.17, 15) is 13.2 Å². The number of halogens is 3. The number of benzene rings is 2. The fraction of sp³-hybridized carbons (Fsp3) is 0.133.